The molecule has 1 atom stereocenters. The van der Waals surface area contributed by atoms with Crippen LogP contribution in [-0.2, 0) is 13.0 Å². The predicted octanol–water partition coefficient (Wildman–Crippen LogP) is 3.68. The van der Waals surface area contributed by atoms with E-state index in [-0.39, 0.29) is 24.9 Å². The van der Waals surface area contributed by atoms with Crippen LogP contribution in [0.15, 0.2) is 47.4 Å². The van der Waals surface area contributed by atoms with Crippen LogP contribution in [-0.4, -0.2) is 20.5 Å². The lowest BCUT2D eigenvalue weighted by Gasteiger charge is -2.19. The number of nitrogens with zero attached hydrogens (tertiary/aromatic N) is 3. The van der Waals surface area contributed by atoms with Crippen molar-refractivity contribution in [2.75, 3.05) is 0 Å². The molecule has 4 rings (SSSR count). The fourth-order valence-corrected chi connectivity index (χ4v) is 3.28. The van der Waals surface area contributed by atoms with Gasteiger partial charge < -0.3 is 0 Å². The summed E-state index contributed by atoms with van der Waals surface area (Å²) in [5.74, 6) is -3.20. The van der Waals surface area contributed by atoms with Crippen LogP contribution in [0.3, 0.4) is 0 Å². The van der Waals surface area contributed by atoms with Gasteiger partial charge in [-0.05, 0) is 24.3 Å². The molecule has 3 heterocycles. The molecule has 0 saturated heterocycles. The lowest BCUT2D eigenvalue weighted by Crippen LogP contribution is -2.26. The van der Waals surface area contributed by atoms with Crippen LogP contribution >= 0.6 is 0 Å². The van der Waals surface area contributed by atoms with E-state index in [4.69, 9.17) is 0 Å². The number of fused-ring (bicyclic) bond motifs is 2. The first-order valence-corrected chi connectivity index (χ1v) is 8.28. The van der Waals surface area contributed by atoms with E-state index >= 15 is 0 Å². The average Bonchev–Trinajstić information content (AvgIpc) is 2.72. The zero-order chi connectivity index (χ0) is 17.6. The molecule has 0 amide bonds. The van der Waals surface area contributed by atoms with E-state index in [1.807, 2.05) is 24.3 Å². The second kappa shape index (κ2) is 5.72. The van der Waals surface area contributed by atoms with Gasteiger partial charge in [0, 0.05) is 37.1 Å². The Balaban J connectivity index is 1.88. The Morgan fingerprint density at radius 3 is 2.84 bits per heavy atom. The molecule has 3 aromatic rings. The van der Waals surface area contributed by atoms with Gasteiger partial charge in [-0.25, -0.2) is 13.8 Å². The Morgan fingerprint density at radius 2 is 2.08 bits per heavy atom. The quantitative estimate of drug-likeness (QED) is 0.678. The molecule has 0 aliphatic carbocycles. The summed E-state index contributed by atoms with van der Waals surface area (Å²) in [6.07, 6.45) is 1.45. The van der Waals surface area contributed by atoms with Crippen LogP contribution < -0.4 is 5.56 Å². The fourth-order valence-electron chi connectivity index (χ4n) is 3.28. The molecule has 1 aliphatic rings. The minimum atomic E-state index is -2.79. The third kappa shape index (κ3) is 2.71. The predicted molar refractivity (Wildman–Crippen MR) is 91.7 cm³/mol. The minimum Gasteiger partial charge on any atom is -0.296 e. The highest BCUT2D eigenvalue weighted by molar-refractivity contribution is 5.83. The lowest BCUT2D eigenvalue weighted by atomic mass is 9.98. The first-order valence-electron chi connectivity index (χ1n) is 8.28. The zero-order valence-corrected chi connectivity index (χ0v) is 13.7. The Kier molecular flexibility index (Phi) is 3.63. The van der Waals surface area contributed by atoms with Gasteiger partial charge in [-0.15, -0.1) is 0 Å². The fraction of sp³-hybridized carbons (Fsp3) is 0.316. The molecule has 128 valence electrons. The maximum Gasteiger partial charge on any atom is 0.261 e. The van der Waals surface area contributed by atoms with Crippen LogP contribution in [0, 0.1) is 5.92 Å². The normalized spacial score (nSPS) is 19.4. The molecule has 0 spiro atoms. The van der Waals surface area contributed by atoms with Gasteiger partial charge in [0.1, 0.15) is 5.82 Å². The average molecular weight is 341 g/mol. The Bertz CT molecular complexity index is 999. The van der Waals surface area contributed by atoms with Gasteiger partial charge in [0.15, 0.2) is 0 Å². The number of hydrogen-bond donors (Lipinski definition) is 0. The zero-order valence-electron chi connectivity index (χ0n) is 13.7. The van der Waals surface area contributed by atoms with Crippen molar-refractivity contribution in [1.29, 1.82) is 0 Å². The van der Waals surface area contributed by atoms with Gasteiger partial charge in [-0.1, -0.05) is 19.1 Å². The van der Waals surface area contributed by atoms with Crippen molar-refractivity contribution in [2.24, 2.45) is 5.92 Å². The highest BCUT2D eigenvalue weighted by Crippen LogP contribution is 2.33. The highest BCUT2D eigenvalue weighted by atomic mass is 19.3. The van der Waals surface area contributed by atoms with Crippen molar-refractivity contribution in [2.45, 2.75) is 32.2 Å². The summed E-state index contributed by atoms with van der Waals surface area (Å²) < 4.78 is 29.5. The summed E-state index contributed by atoms with van der Waals surface area (Å²) >= 11 is 0. The number of alkyl halides is 2. The summed E-state index contributed by atoms with van der Waals surface area (Å²) in [7, 11) is 0. The Morgan fingerprint density at radius 1 is 1.24 bits per heavy atom. The molecule has 4 nitrogen and oxygen atoms in total. The summed E-state index contributed by atoms with van der Waals surface area (Å²) in [6, 6.07) is 10.9. The molecule has 1 aromatic carbocycles. The molecule has 1 unspecified atom stereocenters. The van der Waals surface area contributed by atoms with Gasteiger partial charge in [0.2, 0.25) is 0 Å². The van der Waals surface area contributed by atoms with Crippen molar-refractivity contribution in [3.63, 3.8) is 0 Å². The van der Waals surface area contributed by atoms with E-state index in [1.54, 1.807) is 18.3 Å². The molecule has 0 fully saturated rings. The molecule has 6 heteroatoms. The third-order valence-electron chi connectivity index (χ3n) is 4.87. The number of pyridine rings is 1. The van der Waals surface area contributed by atoms with Crippen LogP contribution in [0.25, 0.3) is 22.2 Å². The molecular formula is C19H17F2N3O. The molecule has 25 heavy (non-hydrogen) atoms. The van der Waals surface area contributed by atoms with Gasteiger partial charge in [0.05, 0.1) is 16.6 Å². The standard InChI is InChI=1S/C19H17F2N3O/c1-12-10-17-23-16-11-13(15-4-2-3-8-22-15)5-6-14(16)18(25)24(17)9-7-19(12,20)21/h2-6,8,11-12H,7,9-10H2,1H3. The topological polar surface area (TPSA) is 47.8 Å². The molecule has 0 saturated carbocycles. The first kappa shape index (κ1) is 15.9. The molecule has 0 bridgehead atoms. The van der Waals surface area contributed by atoms with Gasteiger partial charge in [-0.3, -0.25) is 14.3 Å². The summed E-state index contributed by atoms with van der Waals surface area (Å²) in [4.78, 5) is 21.6. The van der Waals surface area contributed by atoms with Crippen molar-refractivity contribution in [3.05, 3.63) is 58.8 Å². The van der Waals surface area contributed by atoms with Crippen molar-refractivity contribution in [1.82, 2.24) is 14.5 Å². The van der Waals surface area contributed by atoms with Gasteiger partial charge in [-0.2, -0.15) is 0 Å². The van der Waals surface area contributed by atoms with E-state index in [2.05, 4.69) is 9.97 Å². The third-order valence-corrected chi connectivity index (χ3v) is 4.87. The second-order valence-electron chi connectivity index (χ2n) is 6.55. The molecular weight excluding hydrogens is 324 g/mol. The first-order chi connectivity index (χ1) is 12.0. The minimum absolute atomic E-state index is 0.00353. The van der Waals surface area contributed by atoms with Crippen molar-refractivity contribution in [3.8, 4) is 11.3 Å². The highest BCUT2D eigenvalue weighted by Gasteiger charge is 2.39. The second-order valence-corrected chi connectivity index (χ2v) is 6.55. The number of hydrogen-bond acceptors (Lipinski definition) is 3. The number of benzene rings is 1. The lowest BCUT2D eigenvalue weighted by molar-refractivity contribution is -0.0571. The van der Waals surface area contributed by atoms with Crippen molar-refractivity contribution < 1.29 is 8.78 Å². The van der Waals surface area contributed by atoms with E-state index in [0.29, 0.717) is 16.7 Å². The van der Waals surface area contributed by atoms with Crippen LogP contribution in [0.1, 0.15) is 19.2 Å². The maximum absolute atomic E-state index is 14.0. The Labute approximate surface area is 143 Å². The molecule has 1 aliphatic heterocycles. The van der Waals surface area contributed by atoms with E-state index in [9.17, 15) is 13.6 Å². The maximum atomic E-state index is 14.0. The summed E-state index contributed by atoms with van der Waals surface area (Å²) in [5.41, 5.74) is 1.90. The largest absolute Gasteiger partial charge is 0.296 e. The monoisotopic (exact) mass is 341 g/mol. The van der Waals surface area contributed by atoms with Crippen molar-refractivity contribution >= 4 is 10.9 Å². The van der Waals surface area contributed by atoms with E-state index < -0.39 is 11.8 Å². The van der Waals surface area contributed by atoms with Crippen LogP contribution in [0.4, 0.5) is 8.78 Å². The van der Waals surface area contributed by atoms with Gasteiger partial charge >= 0.3 is 0 Å². The van der Waals surface area contributed by atoms with Crippen LogP contribution in [0.5, 0.6) is 0 Å². The summed E-state index contributed by atoms with van der Waals surface area (Å²) in [5, 5.41) is 0.446. The SMILES string of the molecule is CC1Cc2nc3cc(-c4ccccn4)ccc3c(=O)n2CCC1(F)F. The van der Waals surface area contributed by atoms with E-state index in [1.165, 1.54) is 11.5 Å². The summed E-state index contributed by atoms with van der Waals surface area (Å²) in [6.45, 7) is 1.51. The number of halogens is 2. The molecule has 2 aromatic heterocycles. The number of rotatable bonds is 1. The molecule has 0 N–H and O–H groups in total. The van der Waals surface area contributed by atoms with Gasteiger partial charge in [0.25, 0.3) is 11.5 Å². The smallest absolute Gasteiger partial charge is 0.261 e. The van der Waals surface area contributed by atoms with E-state index in [0.717, 1.165) is 11.3 Å². The van der Waals surface area contributed by atoms with Crippen LogP contribution in [0.2, 0.25) is 0 Å². The Hall–Kier alpha value is -2.63. The molecule has 0 radical (unpaired) electrons. The number of aromatic nitrogens is 3.